The van der Waals surface area contributed by atoms with E-state index < -0.39 is 11.6 Å². The highest BCUT2D eigenvalue weighted by molar-refractivity contribution is 6.42. The van der Waals surface area contributed by atoms with Gasteiger partial charge in [-0.3, -0.25) is 4.99 Å². The zero-order valence-corrected chi connectivity index (χ0v) is 23.1. The Hall–Kier alpha value is -2.51. The summed E-state index contributed by atoms with van der Waals surface area (Å²) in [6, 6.07) is 3.28. The summed E-state index contributed by atoms with van der Waals surface area (Å²) in [6.07, 6.45) is 13.0. The molecule has 0 bridgehead atoms. The van der Waals surface area contributed by atoms with Crippen LogP contribution in [0.15, 0.2) is 57.8 Å². The lowest BCUT2D eigenvalue weighted by atomic mass is 10.0. The van der Waals surface area contributed by atoms with Gasteiger partial charge in [0.25, 0.3) is 0 Å². The molecule has 200 valence electrons. The van der Waals surface area contributed by atoms with Gasteiger partial charge < -0.3 is 14.7 Å². The zero-order valence-electron chi connectivity index (χ0n) is 22.4. The molecule has 1 aromatic carbocycles. The van der Waals surface area contributed by atoms with Gasteiger partial charge in [0, 0.05) is 55.6 Å². The molecule has 2 heterocycles. The van der Waals surface area contributed by atoms with Gasteiger partial charge in [0.2, 0.25) is 0 Å². The lowest BCUT2D eigenvalue weighted by molar-refractivity contribution is 0.240. The Kier molecular flexibility index (Phi) is 9.19. The molecule has 1 atom stereocenters. The minimum absolute atomic E-state index is 0.129. The SMILES string of the molecule is CC=C(N=C1C(CC)=NCCN1Cc1c(F)ccc(F)c1Cl)C1=CN(CCN(C)C2CC2)C(CC)C=C1. The van der Waals surface area contributed by atoms with E-state index in [4.69, 9.17) is 21.6 Å². The molecule has 2 aliphatic heterocycles. The Morgan fingerprint density at radius 3 is 2.68 bits per heavy atom. The second-order valence-electron chi connectivity index (χ2n) is 9.90. The topological polar surface area (TPSA) is 34.4 Å². The second-order valence-corrected chi connectivity index (χ2v) is 10.3. The molecule has 1 aliphatic carbocycles. The Bertz CT molecular complexity index is 1140. The maximum absolute atomic E-state index is 14.6. The van der Waals surface area contributed by atoms with E-state index in [1.807, 2.05) is 24.8 Å². The molecule has 0 spiro atoms. The number of allylic oxidation sites excluding steroid dienone is 2. The maximum atomic E-state index is 14.6. The fourth-order valence-corrected chi connectivity index (χ4v) is 5.12. The first-order valence-corrected chi connectivity index (χ1v) is 13.8. The van der Waals surface area contributed by atoms with Gasteiger partial charge in [0.15, 0.2) is 5.84 Å². The average Bonchev–Trinajstić information content (AvgIpc) is 3.76. The minimum Gasteiger partial charge on any atom is -0.369 e. The van der Waals surface area contributed by atoms with Crippen LogP contribution in [0.5, 0.6) is 0 Å². The third kappa shape index (κ3) is 6.50. The predicted octanol–water partition coefficient (Wildman–Crippen LogP) is 6.22. The first-order chi connectivity index (χ1) is 17.9. The van der Waals surface area contributed by atoms with Crippen molar-refractivity contribution in [2.45, 2.75) is 65.1 Å². The largest absolute Gasteiger partial charge is 0.369 e. The average molecular weight is 530 g/mol. The van der Waals surface area contributed by atoms with Crippen LogP contribution in [0.4, 0.5) is 8.78 Å². The van der Waals surface area contributed by atoms with Crippen LogP contribution in [0.1, 0.15) is 52.0 Å². The van der Waals surface area contributed by atoms with E-state index in [0.717, 1.165) is 54.7 Å². The van der Waals surface area contributed by atoms with Crippen LogP contribution in [0, 0.1) is 11.6 Å². The van der Waals surface area contributed by atoms with Gasteiger partial charge in [0.05, 0.1) is 23.0 Å². The summed E-state index contributed by atoms with van der Waals surface area (Å²) in [7, 11) is 2.21. The number of hydrogen-bond acceptors (Lipinski definition) is 4. The van der Waals surface area contributed by atoms with Crippen molar-refractivity contribution < 1.29 is 8.78 Å². The number of hydrogen-bond donors (Lipinski definition) is 0. The molecule has 1 aromatic rings. The maximum Gasteiger partial charge on any atom is 0.150 e. The second kappa shape index (κ2) is 12.4. The number of rotatable bonds is 10. The molecule has 8 heteroatoms. The van der Waals surface area contributed by atoms with Crippen molar-refractivity contribution in [3.05, 3.63) is 70.1 Å². The van der Waals surface area contributed by atoms with Gasteiger partial charge in [-0.2, -0.15) is 0 Å². The van der Waals surface area contributed by atoms with Crippen LogP contribution in [-0.4, -0.2) is 71.6 Å². The highest BCUT2D eigenvalue weighted by Crippen LogP contribution is 2.28. The van der Waals surface area contributed by atoms with Gasteiger partial charge in [-0.1, -0.05) is 43.7 Å². The Labute approximate surface area is 224 Å². The summed E-state index contributed by atoms with van der Waals surface area (Å²) in [4.78, 5) is 16.6. The summed E-state index contributed by atoms with van der Waals surface area (Å²) in [5.41, 5.74) is 2.86. The van der Waals surface area contributed by atoms with Crippen molar-refractivity contribution in [2.75, 3.05) is 33.2 Å². The number of amidine groups is 1. The lowest BCUT2D eigenvalue weighted by Gasteiger charge is -2.34. The number of aliphatic imine (C=N–C) groups is 2. The lowest BCUT2D eigenvalue weighted by Crippen LogP contribution is -2.42. The number of benzene rings is 1. The molecular formula is C29H38ClF2N5. The fourth-order valence-electron chi connectivity index (χ4n) is 4.90. The highest BCUT2D eigenvalue weighted by Gasteiger charge is 2.27. The van der Waals surface area contributed by atoms with Gasteiger partial charge in [-0.15, -0.1) is 0 Å². The molecule has 0 N–H and O–H groups in total. The summed E-state index contributed by atoms with van der Waals surface area (Å²) in [6.45, 7) is 9.46. The minimum atomic E-state index is -0.623. The Morgan fingerprint density at radius 1 is 1.24 bits per heavy atom. The Balaban J connectivity index is 1.61. The normalized spacial score (nSPS) is 21.7. The van der Waals surface area contributed by atoms with E-state index in [1.54, 1.807) is 0 Å². The number of likely N-dealkylation sites (N-methyl/N-ethyl adjacent to an activating group) is 1. The van der Waals surface area contributed by atoms with E-state index in [2.05, 4.69) is 42.1 Å². The molecule has 37 heavy (non-hydrogen) atoms. The standard InChI is InChI=1S/C29H38ClF2N5/c1-5-21-9-8-20(18-36(21)17-16-35(4)22-10-11-22)26(6-2)34-29-27(7-3)33-14-15-37(29)19-23-24(31)12-13-25(32)28(23)30/h6,8-9,12-13,18,21-22H,5,7,10-11,14-17,19H2,1-4H3. The van der Waals surface area contributed by atoms with Crippen molar-refractivity contribution in [3.8, 4) is 0 Å². The van der Waals surface area contributed by atoms with E-state index in [9.17, 15) is 8.78 Å². The van der Waals surface area contributed by atoms with E-state index in [-0.39, 0.29) is 17.1 Å². The molecular weight excluding hydrogens is 492 g/mol. The zero-order chi connectivity index (χ0) is 26.5. The van der Waals surface area contributed by atoms with Gasteiger partial charge in [0.1, 0.15) is 11.6 Å². The Morgan fingerprint density at radius 2 is 2.00 bits per heavy atom. The van der Waals surface area contributed by atoms with Crippen molar-refractivity contribution in [2.24, 2.45) is 9.98 Å². The number of nitrogens with zero attached hydrogens (tertiary/aromatic N) is 5. The molecule has 4 rings (SSSR count). The molecule has 1 fully saturated rings. The molecule has 1 unspecified atom stereocenters. The molecule has 0 amide bonds. The van der Waals surface area contributed by atoms with Crippen LogP contribution in [0.2, 0.25) is 5.02 Å². The number of halogens is 3. The summed E-state index contributed by atoms with van der Waals surface area (Å²) < 4.78 is 28.7. The molecule has 1 saturated carbocycles. The smallest absolute Gasteiger partial charge is 0.150 e. The highest BCUT2D eigenvalue weighted by atomic mass is 35.5. The molecule has 3 aliphatic rings. The molecule has 0 radical (unpaired) electrons. The van der Waals surface area contributed by atoms with Crippen molar-refractivity contribution in [1.29, 1.82) is 0 Å². The third-order valence-corrected chi connectivity index (χ3v) is 7.79. The van der Waals surface area contributed by atoms with E-state index in [0.29, 0.717) is 31.4 Å². The van der Waals surface area contributed by atoms with Crippen LogP contribution in [0.3, 0.4) is 0 Å². The van der Waals surface area contributed by atoms with E-state index in [1.165, 1.54) is 12.8 Å². The monoisotopic (exact) mass is 529 g/mol. The van der Waals surface area contributed by atoms with Crippen LogP contribution in [0.25, 0.3) is 0 Å². The molecule has 5 nitrogen and oxygen atoms in total. The first kappa shape index (κ1) is 27.5. The molecule has 0 aromatic heterocycles. The first-order valence-electron chi connectivity index (χ1n) is 13.4. The van der Waals surface area contributed by atoms with Crippen LogP contribution < -0.4 is 0 Å². The van der Waals surface area contributed by atoms with Gasteiger partial charge in [-0.25, -0.2) is 13.8 Å². The van der Waals surface area contributed by atoms with Crippen LogP contribution >= 0.6 is 11.6 Å². The summed E-state index contributed by atoms with van der Waals surface area (Å²) in [5.74, 6) is -0.455. The van der Waals surface area contributed by atoms with Crippen molar-refractivity contribution >= 4 is 23.1 Å². The summed E-state index contributed by atoms with van der Waals surface area (Å²) in [5, 5.41) is -0.179. The predicted molar refractivity (Wildman–Crippen MR) is 149 cm³/mol. The van der Waals surface area contributed by atoms with Crippen molar-refractivity contribution in [1.82, 2.24) is 14.7 Å². The van der Waals surface area contributed by atoms with Gasteiger partial charge in [-0.05, 0) is 51.8 Å². The quantitative estimate of drug-likeness (QED) is 0.338. The van der Waals surface area contributed by atoms with E-state index >= 15 is 0 Å². The van der Waals surface area contributed by atoms with Crippen molar-refractivity contribution in [3.63, 3.8) is 0 Å². The molecule has 0 saturated heterocycles. The fraction of sp³-hybridized carbons (Fsp3) is 0.517. The summed E-state index contributed by atoms with van der Waals surface area (Å²) >= 11 is 6.16. The van der Waals surface area contributed by atoms with Crippen LogP contribution in [-0.2, 0) is 6.54 Å². The third-order valence-electron chi connectivity index (χ3n) is 7.38. The van der Waals surface area contributed by atoms with Gasteiger partial charge >= 0.3 is 0 Å².